The molecule has 1 aliphatic carbocycles. The highest BCUT2D eigenvalue weighted by atomic mass is 127. The molecule has 0 radical (unpaired) electrons. The minimum Gasteiger partial charge on any atom is -0.482 e. The second-order valence-electron chi connectivity index (χ2n) is 7.75. The van der Waals surface area contributed by atoms with E-state index in [4.69, 9.17) is 14.6 Å². The van der Waals surface area contributed by atoms with Gasteiger partial charge in [-0.1, -0.05) is 12.1 Å². The van der Waals surface area contributed by atoms with E-state index in [1.807, 2.05) is 18.2 Å². The van der Waals surface area contributed by atoms with Crippen molar-refractivity contribution in [2.45, 2.75) is 50.5 Å². The number of benzene rings is 1. The van der Waals surface area contributed by atoms with Crippen LogP contribution in [0.25, 0.3) is 0 Å². The van der Waals surface area contributed by atoms with Gasteiger partial charge in [0.15, 0.2) is 0 Å². The van der Waals surface area contributed by atoms with Crippen molar-refractivity contribution < 1.29 is 29.3 Å². The summed E-state index contributed by atoms with van der Waals surface area (Å²) >= 11 is 2.15. The van der Waals surface area contributed by atoms with Crippen LogP contribution in [-0.2, 0) is 14.3 Å². The number of aliphatic hydroxyl groups is 2. The van der Waals surface area contributed by atoms with Gasteiger partial charge in [0.1, 0.15) is 18.0 Å². The predicted octanol–water partition coefficient (Wildman–Crippen LogP) is 1.23. The first-order valence-corrected chi connectivity index (χ1v) is 11.6. The highest BCUT2D eigenvalue weighted by Gasteiger charge is 2.40. The quantitative estimate of drug-likeness (QED) is 0.426. The second-order valence-corrected chi connectivity index (χ2v) is 8.91. The normalized spacial score (nSPS) is 25.6. The summed E-state index contributed by atoms with van der Waals surface area (Å²) in [5, 5.41) is 22.9. The van der Waals surface area contributed by atoms with E-state index in [2.05, 4.69) is 27.9 Å². The van der Waals surface area contributed by atoms with Gasteiger partial charge in [0.05, 0.1) is 22.3 Å². The Morgan fingerprint density at radius 1 is 1.35 bits per heavy atom. The molecular weight excluding hydrogens is 515 g/mol. The molecule has 2 aliphatic rings. The van der Waals surface area contributed by atoms with Gasteiger partial charge in [-0.05, 0) is 53.6 Å². The summed E-state index contributed by atoms with van der Waals surface area (Å²) in [5.74, 6) is 0.0557. The third-order valence-corrected chi connectivity index (χ3v) is 6.43. The second kappa shape index (κ2) is 11.3. The largest absolute Gasteiger partial charge is 0.482 e. The molecule has 170 valence electrons. The fraction of sp³-hybridized carbons (Fsp3) is 0.545. The van der Waals surface area contributed by atoms with Crippen LogP contribution in [0.3, 0.4) is 0 Å². The zero-order valence-electron chi connectivity index (χ0n) is 17.5. The van der Waals surface area contributed by atoms with Crippen LogP contribution in [0, 0.1) is 3.57 Å². The first-order chi connectivity index (χ1) is 14.9. The van der Waals surface area contributed by atoms with Crippen molar-refractivity contribution in [3.05, 3.63) is 39.5 Å². The standard InChI is InChI=1S/C22H29IN2O6/c1-14(27)25(13-16-5-4-10-30-16)18-11-15(22(29)24-8-9-26)12-20(21(18)28)31-19-7-3-2-6-17(19)23/h2-3,6-7,12,16,18,20-21,26,28H,4-5,8-11,13H2,1H3,(H,24,29)/t16-,18-,20+,21+/m1/s1. The summed E-state index contributed by atoms with van der Waals surface area (Å²) < 4.78 is 12.6. The third-order valence-electron chi connectivity index (χ3n) is 5.54. The van der Waals surface area contributed by atoms with Crippen LogP contribution in [0.2, 0.25) is 0 Å². The molecule has 0 bridgehead atoms. The first kappa shape index (κ1) is 24.0. The average molecular weight is 544 g/mol. The number of rotatable bonds is 8. The molecule has 1 heterocycles. The number of aliphatic hydroxyl groups excluding tert-OH is 2. The van der Waals surface area contributed by atoms with Gasteiger partial charge in [-0.15, -0.1) is 0 Å². The molecule has 3 N–H and O–H groups in total. The highest BCUT2D eigenvalue weighted by Crippen LogP contribution is 2.30. The van der Waals surface area contributed by atoms with E-state index in [-0.39, 0.29) is 37.5 Å². The maximum atomic E-state index is 12.7. The van der Waals surface area contributed by atoms with Crippen LogP contribution in [0.4, 0.5) is 0 Å². The van der Waals surface area contributed by atoms with Crippen LogP contribution in [0.5, 0.6) is 5.75 Å². The number of hydrogen-bond acceptors (Lipinski definition) is 6. The third kappa shape index (κ3) is 6.18. The summed E-state index contributed by atoms with van der Waals surface area (Å²) in [4.78, 5) is 26.8. The lowest BCUT2D eigenvalue weighted by Crippen LogP contribution is -2.56. The van der Waals surface area contributed by atoms with E-state index in [0.717, 1.165) is 16.4 Å². The Bertz CT molecular complexity index is 811. The number of ether oxygens (including phenoxy) is 2. The molecule has 0 aromatic heterocycles. The van der Waals surface area contributed by atoms with Gasteiger partial charge in [-0.3, -0.25) is 9.59 Å². The predicted molar refractivity (Wildman–Crippen MR) is 123 cm³/mol. The molecular formula is C22H29IN2O6. The lowest BCUT2D eigenvalue weighted by molar-refractivity contribution is -0.138. The topological polar surface area (TPSA) is 108 Å². The molecule has 31 heavy (non-hydrogen) atoms. The van der Waals surface area contributed by atoms with Crippen LogP contribution in [-0.4, -0.2) is 77.6 Å². The Hall–Kier alpha value is -1.69. The van der Waals surface area contributed by atoms with E-state index >= 15 is 0 Å². The number of amides is 2. The summed E-state index contributed by atoms with van der Waals surface area (Å²) in [6.45, 7) is 2.43. The molecule has 3 rings (SSSR count). The van der Waals surface area contributed by atoms with E-state index in [1.54, 1.807) is 17.0 Å². The van der Waals surface area contributed by atoms with Crippen LogP contribution in [0.1, 0.15) is 26.2 Å². The van der Waals surface area contributed by atoms with E-state index < -0.39 is 18.2 Å². The lowest BCUT2D eigenvalue weighted by atomic mass is 9.88. The van der Waals surface area contributed by atoms with Crippen molar-refractivity contribution in [1.82, 2.24) is 10.2 Å². The fourth-order valence-corrected chi connectivity index (χ4v) is 4.49. The van der Waals surface area contributed by atoms with E-state index in [1.165, 1.54) is 6.92 Å². The summed E-state index contributed by atoms with van der Waals surface area (Å²) in [7, 11) is 0. The summed E-state index contributed by atoms with van der Waals surface area (Å²) in [5.41, 5.74) is 0.415. The fourth-order valence-electron chi connectivity index (χ4n) is 3.97. The highest BCUT2D eigenvalue weighted by molar-refractivity contribution is 14.1. The molecule has 2 amide bonds. The van der Waals surface area contributed by atoms with Crippen LogP contribution in [0.15, 0.2) is 35.9 Å². The van der Waals surface area contributed by atoms with Gasteiger partial charge in [-0.2, -0.15) is 0 Å². The van der Waals surface area contributed by atoms with Gasteiger partial charge >= 0.3 is 0 Å². The van der Waals surface area contributed by atoms with Gasteiger partial charge in [-0.25, -0.2) is 0 Å². The Morgan fingerprint density at radius 3 is 2.77 bits per heavy atom. The van der Waals surface area contributed by atoms with Gasteiger partial charge in [0.25, 0.3) is 0 Å². The molecule has 1 aliphatic heterocycles. The van der Waals surface area contributed by atoms with Crippen molar-refractivity contribution in [2.75, 3.05) is 26.3 Å². The molecule has 9 heteroatoms. The van der Waals surface area contributed by atoms with Crippen molar-refractivity contribution in [3.63, 3.8) is 0 Å². The minimum absolute atomic E-state index is 0.0805. The molecule has 1 fully saturated rings. The van der Waals surface area contributed by atoms with Crippen molar-refractivity contribution >= 4 is 34.4 Å². The molecule has 0 spiro atoms. The molecule has 0 saturated carbocycles. The molecule has 1 saturated heterocycles. The van der Waals surface area contributed by atoms with Crippen molar-refractivity contribution in [1.29, 1.82) is 0 Å². The average Bonchev–Trinajstić information content (AvgIpc) is 3.26. The molecule has 1 aromatic carbocycles. The van der Waals surface area contributed by atoms with E-state index in [0.29, 0.717) is 24.5 Å². The smallest absolute Gasteiger partial charge is 0.247 e. The van der Waals surface area contributed by atoms with Crippen LogP contribution < -0.4 is 10.1 Å². The Morgan fingerprint density at radius 2 is 2.13 bits per heavy atom. The molecule has 0 unspecified atom stereocenters. The maximum absolute atomic E-state index is 12.7. The van der Waals surface area contributed by atoms with E-state index in [9.17, 15) is 14.7 Å². The van der Waals surface area contributed by atoms with Gasteiger partial charge in [0.2, 0.25) is 11.8 Å². The van der Waals surface area contributed by atoms with Crippen molar-refractivity contribution in [3.8, 4) is 5.75 Å². The number of nitrogens with one attached hydrogen (secondary N) is 1. The number of nitrogens with zero attached hydrogens (tertiary/aromatic N) is 1. The number of carbonyl (C=O) groups is 2. The van der Waals surface area contributed by atoms with Crippen LogP contribution >= 0.6 is 22.6 Å². The maximum Gasteiger partial charge on any atom is 0.247 e. The Balaban J connectivity index is 1.87. The summed E-state index contributed by atoms with van der Waals surface area (Å²) in [6, 6.07) is 6.78. The molecule has 8 nitrogen and oxygen atoms in total. The minimum atomic E-state index is -1.02. The SMILES string of the molecule is CC(=O)N(C[C@H]1CCCO1)[C@@H]1CC(C(=O)NCCO)=C[C@H](Oc2ccccc2I)[C@H]1O. The lowest BCUT2D eigenvalue weighted by Gasteiger charge is -2.41. The number of halogens is 1. The molecule has 1 aromatic rings. The number of hydrogen-bond donors (Lipinski definition) is 3. The van der Waals surface area contributed by atoms with Crippen molar-refractivity contribution in [2.24, 2.45) is 0 Å². The Labute approximate surface area is 195 Å². The Kier molecular flexibility index (Phi) is 8.70. The monoisotopic (exact) mass is 544 g/mol. The number of carbonyl (C=O) groups excluding carboxylic acids is 2. The zero-order chi connectivity index (χ0) is 22.4. The molecule has 4 atom stereocenters. The zero-order valence-corrected chi connectivity index (χ0v) is 19.7. The number of para-hydroxylation sites is 1. The summed E-state index contributed by atoms with van der Waals surface area (Å²) in [6.07, 6.45) is 1.69. The first-order valence-electron chi connectivity index (χ1n) is 10.5. The van der Waals surface area contributed by atoms with Gasteiger partial charge < -0.3 is 29.9 Å². The van der Waals surface area contributed by atoms with Gasteiger partial charge in [0, 0.05) is 38.6 Å².